The molecule has 0 bridgehead atoms. The lowest BCUT2D eigenvalue weighted by Crippen LogP contribution is -2.49. The summed E-state index contributed by atoms with van der Waals surface area (Å²) in [6, 6.07) is 8.90. The van der Waals surface area contributed by atoms with Crippen molar-refractivity contribution in [2.24, 2.45) is 0 Å². The minimum Gasteiger partial charge on any atom is -0.395 e. The molecule has 1 aromatic carbocycles. The third-order valence-corrected chi connectivity index (χ3v) is 8.60. The number of piperazine rings is 2. The molecule has 3 heterocycles. The van der Waals surface area contributed by atoms with Gasteiger partial charge in [-0.2, -0.15) is 4.31 Å². The maximum atomic E-state index is 13.1. The number of hydrogen-bond acceptors (Lipinski definition) is 8. The van der Waals surface area contributed by atoms with Crippen LogP contribution in [0.25, 0.3) is 0 Å². The summed E-state index contributed by atoms with van der Waals surface area (Å²) in [5.41, 5.74) is 0.579. The molecule has 1 aromatic heterocycles. The molecule has 1 N–H and O–H groups in total. The second-order valence-electron chi connectivity index (χ2n) is 8.06. The number of β-amino-alcohol motifs (C(OH)–C–C–N with tert-alkyl or cyclic N) is 1. The third-order valence-electron chi connectivity index (χ3n) is 6.15. The first kappa shape index (κ1) is 23.2. The summed E-state index contributed by atoms with van der Waals surface area (Å²) in [7, 11) is -3.59. The number of sulfonamides is 1. The Kier molecular flexibility index (Phi) is 7.16. The van der Waals surface area contributed by atoms with Crippen molar-refractivity contribution in [3.05, 3.63) is 40.9 Å². The average Bonchev–Trinajstić information content (AvgIpc) is 2.82. The minimum absolute atomic E-state index is 0.182. The van der Waals surface area contributed by atoms with Crippen LogP contribution in [0.4, 0.5) is 11.6 Å². The Morgan fingerprint density at radius 2 is 1.47 bits per heavy atom. The Morgan fingerprint density at radius 1 is 0.906 bits per heavy atom. The lowest BCUT2D eigenvalue weighted by atomic mass is 10.2. The van der Waals surface area contributed by atoms with Crippen molar-refractivity contribution in [1.82, 2.24) is 19.4 Å². The van der Waals surface area contributed by atoms with E-state index in [0.717, 1.165) is 37.8 Å². The topological polar surface area (TPSA) is 93.1 Å². The van der Waals surface area contributed by atoms with Gasteiger partial charge in [-0.1, -0.05) is 17.7 Å². The first-order valence-electron chi connectivity index (χ1n) is 10.8. The fourth-order valence-corrected chi connectivity index (χ4v) is 6.06. The molecular formula is C21H29ClN6O3S. The van der Waals surface area contributed by atoms with Crippen LogP contribution >= 0.6 is 11.6 Å². The van der Waals surface area contributed by atoms with Crippen LogP contribution in [0.5, 0.6) is 0 Å². The highest BCUT2D eigenvalue weighted by Gasteiger charge is 2.30. The summed E-state index contributed by atoms with van der Waals surface area (Å²) < 4.78 is 27.7. The minimum atomic E-state index is -3.59. The van der Waals surface area contributed by atoms with Crippen LogP contribution < -0.4 is 9.80 Å². The van der Waals surface area contributed by atoms with Crippen LogP contribution in [0.15, 0.2) is 35.2 Å². The number of aliphatic hydroxyl groups excluding tert-OH is 1. The standard InChI is InChI=1S/C21H29ClN6O3S/c1-17-18(22)3-2-4-19(17)32(30,31)28-13-11-27(12-14-28)21-6-5-20(23-24-21)26-9-7-25(8-10-26)15-16-29/h2-6,29H,7-16H2,1H3. The van der Waals surface area contributed by atoms with E-state index in [1.54, 1.807) is 25.1 Å². The first-order valence-corrected chi connectivity index (χ1v) is 12.6. The van der Waals surface area contributed by atoms with E-state index in [9.17, 15) is 8.42 Å². The van der Waals surface area contributed by atoms with Gasteiger partial charge in [-0.3, -0.25) is 4.90 Å². The molecule has 2 aliphatic rings. The van der Waals surface area contributed by atoms with Gasteiger partial charge in [0, 0.05) is 63.9 Å². The van der Waals surface area contributed by atoms with E-state index in [-0.39, 0.29) is 11.5 Å². The highest BCUT2D eigenvalue weighted by atomic mass is 35.5. The molecule has 174 valence electrons. The lowest BCUT2D eigenvalue weighted by Gasteiger charge is -2.36. The highest BCUT2D eigenvalue weighted by molar-refractivity contribution is 7.89. The molecule has 2 saturated heterocycles. The van der Waals surface area contributed by atoms with Gasteiger partial charge in [0.15, 0.2) is 11.6 Å². The molecule has 9 nitrogen and oxygen atoms in total. The Labute approximate surface area is 194 Å². The number of rotatable bonds is 6. The van der Waals surface area contributed by atoms with E-state index in [1.807, 2.05) is 12.1 Å². The summed E-state index contributed by atoms with van der Waals surface area (Å²) in [6.07, 6.45) is 0. The van der Waals surface area contributed by atoms with Crippen molar-refractivity contribution >= 4 is 33.3 Å². The first-order chi connectivity index (χ1) is 15.4. The van der Waals surface area contributed by atoms with Gasteiger partial charge in [0.1, 0.15) is 0 Å². The van der Waals surface area contributed by atoms with E-state index in [0.29, 0.717) is 43.3 Å². The Balaban J connectivity index is 1.36. The van der Waals surface area contributed by atoms with Crippen LogP contribution in [-0.4, -0.2) is 98.4 Å². The number of benzene rings is 1. The van der Waals surface area contributed by atoms with Crippen molar-refractivity contribution in [2.75, 3.05) is 75.3 Å². The number of nitrogens with zero attached hydrogens (tertiary/aromatic N) is 6. The van der Waals surface area contributed by atoms with E-state index in [4.69, 9.17) is 16.7 Å². The molecule has 11 heteroatoms. The van der Waals surface area contributed by atoms with Gasteiger partial charge in [0.05, 0.1) is 11.5 Å². The van der Waals surface area contributed by atoms with Crippen molar-refractivity contribution in [3.63, 3.8) is 0 Å². The molecule has 0 unspecified atom stereocenters. The predicted octanol–water partition coefficient (Wildman–Crippen LogP) is 1.06. The summed E-state index contributed by atoms with van der Waals surface area (Å²) in [5.74, 6) is 1.60. The number of anilines is 2. The molecular weight excluding hydrogens is 452 g/mol. The van der Waals surface area contributed by atoms with E-state index in [2.05, 4.69) is 24.9 Å². The molecule has 0 saturated carbocycles. The van der Waals surface area contributed by atoms with E-state index in [1.165, 1.54) is 4.31 Å². The van der Waals surface area contributed by atoms with Crippen LogP contribution in [0.3, 0.4) is 0 Å². The van der Waals surface area contributed by atoms with Gasteiger partial charge >= 0.3 is 0 Å². The Hall–Kier alpha value is -1.98. The smallest absolute Gasteiger partial charge is 0.243 e. The van der Waals surface area contributed by atoms with E-state index < -0.39 is 10.0 Å². The zero-order valence-corrected chi connectivity index (χ0v) is 19.8. The summed E-state index contributed by atoms with van der Waals surface area (Å²) in [6.45, 7) is 7.97. The van der Waals surface area contributed by atoms with E-state index >= 15 is 0 Å². The zero-order valence-electron chi connectivity index (χ0n) is 18.2. The highest BCUT2D eigenvalue weighted by Crippen LogP contribution is 2.27. The zero-order chi connectivity index (χ0) is 22.7. The van der Waals surface area contributed by atoms with Crippen LogP contribution in [0.2, 0.25) is 5.02 Å². The summed E-state index contributed by atoms with van der Waals surface area (Å²) in [5, 5.41) is 18.3. The van der Waals surface area contributed by atoms with Crippen molar-refractivity contribution in [1.29, 1.82) is 0 Å². The largest absolute Gasteiger partial charge is 0.395 e. The fourth-order valence-electron chi connectivity index (χ4n) is 4.16. The van der Waals surface area contributed by atoms with Crippen LogP contribution in [0, 0.1) is 6.92 Å². The Morgan fingerprint density at radius 3 is 2.00 bits per heavy atom. The Bertz CT molecular complexity index is 1020. The van der Waals surface area contributed by atoms with Crippen LogP contribution in [-0.2, 0) is 10.0 Å². The van der Waals surface area contributed by atoms with Crippen LogP contribution in [0.1, 0.15) is 5.56 Å². The summed E-state index contributed by atoms with van der Waals surface area (Å²) in [4.78, 5) is 6.76. The molecule has 2 fully saturated rings. The normalized spacial score (nSPS) is 18.8. The maximum Gasteiger partial charge on any atom is 0.243 e. The predicted molar refractivity (Wildman–Crippen MR) is 125 cm³/mol. The van der Waals surface area contributed by atoms with Crippen molar-refractivity contribution in [2.45, 2.75) is 11.8 Å². The number of halogens is 1. The molecule has 4 rings (SSSR count). The molecule has 0 atom stereocenters. The van der Waals surface area contributed by atoms with Crippen molar-refractivity contribution in [3.8, 4) is 0 Å². The molecule has 0 aliphatic carbocycles. The quantitative estimate of drug-likeness (QED) is 0.656. The van der Waals surface area contributed by atoms with Crippen molar-refractivity contribution < 1.29 is 13.5 Å². The molecule has 0 radical (unpaired) electrons. The maximum absolute atomic E-state index is 13.1. The second-order valence-corrected chi connectivity index (χ2v) is 10.4. The summed E-state index contributed by atoms with van der Waals surface area (Å²) >= 11 is 6.13. The number of aromatic nitrogens is 2. The molecule has 2 aromatic rings. The SMILES string of the molecule is Cc1c(Cl)cccc1S(=O)(=O)N1CCN(c2ccc(N3CCN(CCO)CC3)nn2)CC1. The monoisotopic (exact) mass is 480 g/mol. The van der Waals surface area contributed by atoms with Gasteiger partial charge in [0.2, 0.25) is 10.0 Å². The fraction of sp³-hybridized carbons (Fsp3) is 0.524. The number of aliphatic hydroxyl groups is 1. The molecule has 32 heavy (non-hydrogen) atoms. The third kappa shape index (κ3) is 4.84. The second kappa shape index (κ2) is 9.88. The van der Waals surface area contributed by atoms with Gasteiger partial charge in [0.25, 0.3) is 0 Å². The van der Waals surface area contributed by atoms with Gasteiger partial charge in [-0.25, -0.2) is 8.42 Å². The average molecular weight is 481 g/mol. The van der Waals surface area contributed by atoms with Gasteiger partial charge < -0.3 is 14.9 Å². The molecule has 0 amide bonds. The molecule has 0 spiro atoms. The van der Waals surface area contributed by atoms with Gasteiger partial charge in [-0.05, 0) is 36.8 Å². The van der Waals surface area contributed by atoms with Gasteiger partial charge in [-0.15, -0.1) is 10.2 Å². The lowest BCUT2D eigenvalue weighted by molar-refractivity contribution is 0.188. The molecule has 2 aliphatic heterocycles. The number of hydrogen-bond donors (Lipinski definition) is 1.